The lowest BCUT2D eigenvalue weighted by molar-refractivity contribution is -0.156. The van der Waals surface area contributed by atoms with Crippen LogP contribution in [0.3, 0.4) is 0 Å². The summed E-state index contributed by atoms with van der Waals surface area (Å²) in [6.07, 6.45) is 11.0. The van der Waals surface area contributed by atoms with Gasteiger partial charge in [-0.3, -0.25) is 4.98 Å². The van der Waals surface area contributed by atoms with Crippen LogP contribution in [0.2, 0.25) is 0 Å². The van der Waals surface area contributed by atoms with Gasteiger partial charge in [0.1, 0.15) is 5.82 Å². The molecule has 5 nitrogen and oxygen atoms in total. The summed E-state index contributed by atoms with van der Waals surface area (Å²) in [6.45, 7) is 0.610. The van der Waals surface area contributed by atoms with Gasteiger partial charge in [0.15, 0.2) is 0 Å². The highest BCUT2D eigenvalue weighted by Crippen LogP contribution is 2.45. The summed E-state index contributed by atoms with van der Waals surface area (Å²) in [5.74, 6) is 0.147. The molecule has 27 heavy (non-hydrogen) atoms. The standard InChI is InChI=1S/C18H22FN3O2.C3H6/c1-23-15-3-2-14-16(22-15)12(13(19)10-21-14)4-5-18-8-6-17(20,7-9-18)11-24-18;1-2-3-1/h2-3,10H,4-9,11,20H2,1H3;1-3H2. The van der Waals surface area contributed by atoms with E-state index in [-0.39, 0.29) is 17.0 Å². The lowest BCUT2D eigenvalue weighted by Gasteiger charge is -2.51. The Hall–Kier alpha value is -1.79. The van der Waals surface area contributed by atoms with Crippen LogP contribution in [0.1, 0.15) is 56.9 Å². The van der Waals surface area contributed by atoms with Crippen LogP contribution in [0.5, 0.6) is 5.88 Å². The first kappa shape index (κ1) is 18.6. The van der Waals surface area contributed by atoms with Gasteiger partial charge in [0.25, 0.3) is 0 Å². The number of aromatic nitrogens is 2. The second-order valence-electron chi connectivity index (χ2n) is 8.20. The van der Waals surface area contributed by atoms with Crippen molar-refractivity contribution < 1.29 is 13.9 Å². The second-order valence-corrected chi connectivity index (χ2v) is 8.20. The molecule has 4 aliphatic rings. The molecule has 2 bridgehead atoms. The van der Waals surface area contributed by atoms with Gasteiger partial charge in [0, 0.05) is 17.2 Å². The van der Waals surface area contributed by atoms with Crippen LogP contribution in [0.25, 0.3) is 11.0 Å². The van der Waals surface area contributed by atoms with Crippen molar-refractivity contribution in [2.75, 3.05) is 13.7 Å². The fourth-order valence-corrected chi connectivity index (χ4v) is 3.89. The highest BCUT2D eigenvalue weighted by Gasteiger charge is 2.47. The fourth-order valence-electron chi connectivity index (χ4n) is 3.89. The van der Waals surface area contributed by atoms with E-state index in [0.717, 1.165) is 32.1 Å². The van der Waals surface area contributed by atoms with E-state index in [0.29, 0.717) is 35.5 Å². The molecule has 2 saturated carbocycles. The van der Waals surface area contributed by atoms with Crippen LogP contribution in [0.4, 0.5) is 4.39 Å². The van der Waals surface area contributed by atoms with Gasteiger partial charge in [-0.05, 0) is 44.6 Å². The van der Waals surface area contributed by atoms with Gasteiger partial charge in [-0.1, -0.05) is 19.3 Å². The van der Waals surface area contributed by atoms with E-state index in [1.54, 1.807) is 13.2 Å². The summed E-state index contributed by atoms with van der Waals surface area (Å²) in [5, 5.41) is 0. The van der Waals surface area contributed by atoms with Crippen molar-refractivity contribution in [2.45, 2.75) is 68.9 Å². The summed E-state index contributed by atoms with van der Waals surface area (Å²) in [6, 6.07) is 3.55. The minimum atomic E-state index is -0.320. The number of methoxy groups -OCH3 is 1. The summed E-state index contributed by atoms with van der Waals surface area (Å²) in [4.78, 5) is 8.53. The molecule has 0 radical (unpaired) electrons. The molecule has 0 unspecified atom stereocenters. The number of hydrogen-bond donors (Lipinski definition) is 1. The number of pyridine rings is 2. The van der Waals surface area contributed by atoms with Crippen molar-refractivity contribution in [3.8, 4) is 5.88 Å². The van der Waals surface area contributed by atoms with Gasteiger partial charge < -0.3 is 15.2 Å². The number of rotatable bonds is 4. The average Bonchev–Trinajstić information content (AvgIpc) is 3.57. The number of ether oxygens (including phenoxy) is 2. The zero-order valence-corrected chi connectivity index (χ0v) is 16.0. The summed E-state index contributed by atoms with van der Waals surface area (Å²) >= 11 is 0. The molecule has 0 spiro atoms. The minimum Gasteiger partial charge on any atom is -0.481 e. The van der Waals surface area contributed by atoms with E-state index in [4.69, 9.17) is 15.2 Å². The Morgan fingerprint density at radius 2 is 1.93 bits per heavy atom. The number of hydrogen-bond acceptors (Lipinski definition) is 5. The SMILES string of the molecule is C1CC1.COc1ccc2ncc(F)c(CCC34CCC(N)(CC3)CO4)c2n1. The maximum absolute atomic E-state index is 14.4. The molecule has 0 aromatic carbocycles. The highest BCUT2D eigenvalue weighted by molar-refractivity contribution is 5.78. The van der Waals surface area contributed by atoms with Gasteiger partial charge in [0.2, 0.25) is 5.88 Å². The third-order valence-corrected chi connectivity index (χ3v) is 5.96. The first-order chi connectivity index (χ1) is 13.0. The largest absolute Gasteiger partial charge is 0.481 e. The van der Waals surface area contributed by atoms with Gasteiger partial charge in [-0.2, -0.15) is 0 Å². The first-order valence-corrected chi connectivity index (χ1v) is 9.94. The summed E-state index contributed by atoms with van der Waals surface area (Å²) < 4.78 is 25.7. The molecule has 6 heteroatoms. The van der Waals surface area contributed by atoms with E-state index in [2.05, 4.69) is 9.97 Å². The van der Waals surface area contributed by atoms with Crippen LogP contribution in [-0.2, 0) is 11.2 Å². The Balaban J connectivity index is 0.000000547. The van der Waals surface area contributed by atoms with Crippen molar-refractivity contribution in [3.05, 3.63) is 29.7 Å². The molecule has 2 aliphatic carbocycles. The lowest BCUT2D eigenvalue weighted by atomic mass is 9.70. The Bertz CT molecular complexity index is 797. The molecule has 2 aliphatic heterocycles. The second kappa shape index (κ2) is 7.32. The van der Waals surface area contributed by atoms with Crippen LogP contribution < -0.4 is 10.5 Å². The highest BCUT2D eigenvalue weighted by atomic mass is 19.1. The van der Waals surface area contributed by atoms with Gasteiger partial charge in [0.05, 0.1) is 36.5 Å². The van der Waals surface area contributed by atoms with Gasteiger partial charge >= 0.3 is 0 Å². The predicted molar refractivity (Wildman–Crippen MR) is 102 cm³/mol. The predicted octanol–water partition coefficient (Wildman–Crippen LogP) is 3.92. The molecule has 2 aromatic heterocycles. The molecule has 4 heterocycles. The molecule has 146 valence electrons. The number of nitrogens with two attached hydrogens (primary N) is 1. The summed E-state index contributed by atoms with van der Waals surface area (Å²) in [5.41, 5.74) is 7.81. The third-order valence-electron chi connectivity index (χ3n) is 5.96. The number of fused-ring (bicyclic) bond motifs is 4. The number of halogens is 1. The fraction of sp³-hybridized carbons (Fsp3) is 0.619. The van der Waals surface area contributed by atoms with E-state index in [9.17, 15) is 4.39 Å². The monoisotopic (exact) mass is 373 g/mol. The molecule has 0 atom stereocenters. The Labute approximate surface area is 159 Å². The summed E-state index contributed by atoms with van der Waals surface area (Å²) in [7, 11) is 1.55. The smallest absolute Gasteiger partial charge is 0.213 e. The zero-order valence-electron chi connectivity index (χ0n) is 16.0. The number of nitrogens with zero attached hydrogens (tertiary/aromatic N) is 2. The maximum Gasteiger partial charge on any atom is 0.213 e. The lowest BCUT2D eigenvalue weighted by Crippen LogP contribution is -2.59. The van der Waals surface area contributed by atoms with Crippen molar-refractivity contribution in [1.82, 2.24) is 9.97 Å². The normalized spacial score (nSPS) is 28.6. The topological polar surface area (TPSA) is 70.3 Å². The van der Waals surface area contributed by atoms with Crippen LogP contribution in [0, 0.1) is 5.82 Å². The molecular formula is C21H28FN3O2. The molecule has 2 N–H and O–H groups in total. The van der Waals surface area contributed by atoms with Crippen LogP contribution in [-0.4, -0.2) is 34.8 Å². The Morgan fingerprint density at radius 3 is 2.52 bits per heavy atom. The average molecular weight is 373 g/mol. The van der Waals surface area contributed by atoms with Crippen molar-refractivity contribution in [3.63, 3.8) is 0 Å². The Kier molecular flexibility index (Phi) is 5.03. The van der Waals surface area contributed by atoms with Crippen LogP contribution >= 0.6 is 0 Å². The quantitative estimate of drug-likeness (QED) is 0.879. The number of aryl methyl sites for hydroxylation is 1. The Morgan fingerprint density at radius 1 is 1.19 bits per heavy atom. The van der Waals surface area contributed by atoms with E-state index in [1.165, 1.54) is 25.5 Å². The van der Waals surface area contributed by atoms with Crippen molar-refractivity contribution in [2.24, 2.45) is 5.73 Å². The molecule has 4 fully saturated rings. The van der Waals surface area contributed by atoms with Crippen LogP contribution in [0.15, 0.2) is 18.3 Å². The van der Waals surface area contributed by atoms with E-state index >= 15 is 0 Å². The zero-order chi connectivity index (χ0) is 18.9. The molecule has 2 aromatic rings. The van der Waals surface area contributed by atoms with Crippen molar-refractivity contribution >= 4 is 11.0 Å². The minimum absolute atomic E-state index is 0.148. The van der Waals surface area contributed by atoms with Gasteiger partial charge in [-0.25, -0.2) is 9.37 Å². The molecule has 0 amide bonds. The van der Waals surface area contributed by atoms with E-state index < -0.39 is 0 Å². The van der Waals surface area contributed by atoms with Gasteiger partial charge in [-0.15, -0.1) is 0 Å². The van der Waals surface area contributed by atoms with E-state index in [1.807, 2.05) is 6.07 Å². The first-order valence-electron chi connectivity index (χ1n) is 9.94. The third kappa shape index (κ3) is 4.06. The maximum atomic E-state index is 14.4. The molecule has 6 rings (SSSR count). The molecular weight excluding hydrogens is 345 g/mol. The van der Waals surface area contributed by atoms with Crippen molar-refractivity contribution in [1.29, 1.82) is 0 Å². The molecule has 2 saturated heterocycles.